The average Bonchev–Trinajstić information content (AvgIpc) is 3.64. The van der Waals surface area contributed by atoms with Gasteiger partial charge in [-0.15, -0.1) is 0 Å². The van der Waals surface area contributed by atoms with Crippen LogP contribution in [0, 0.1) is 12.8 Å². The van der Waals surface area contributed by atoms with Crippen LogP contribution < -0.4 is 19.1 Å². The first-order chi connectivity index (χ1) is 20.6. The van der Waals surface area contributed by atoms with Gasteiger partial charge in [-0.05, 0) is 85.3 Å². The lowest BCUT2D eigenvalue weighted by Gasteiger charge is -2.24. The number of carbonyl (C=O) groups is 2. The van der Waals surface area contributed by atoms with E-state index >= 15 is 0 Å². The zero-order valence-electron chi connectivity index (χ0n) is 24.8. The van der Waals surface area contributed by atoms with Crippen molar-refractivity contribution in [2.45, 2.75) is 52.7 Å². The van der Waals surface area contributed by atoms with E-state index in [0.717, 1.165) is 33.5 Å². The van der Waals surface area contributed by atoms with E-state index in [9.17, 15) is 14.7 Å². The fraction of sp³-hybridized carbons (Fsp3) is 0.324. The van der Waals surface area contributed by atoms with Gasteiger partial charge in [0, 0.05) is 12.0 Å². The Kier molecular flexibility index (Phi) is 7.60. The van der Waals surface area contributed by atoms with Gasteiger partial charge >= 0.3 is 5.91 Å². The summed E-state index contributed by atoms with van der Waals surface area (Å²) in [6, 6.07) is 15.6. The minimum Gasteiger partial charge on any atom is -0.507 e. The summed E-state index contributed by atoms with van der Waals surface area (Å²) in [4.78, 5) is 33.6. The van der Waals surface area contributed by atoms with Gasteiger partial charge in [-0.1, -0.05) is 37.3 Å². The van der Waals surface area contributed by atoms with Crippen molar-refractivity contribution in [3.8, 4) is 17.2 Å². The summed E-state index contributed by atoms with van der Waals surface area (Å²) in [6.07, 6.45) is 1.59. The summed E-state index contributed by atoms with van der Waals surface area (Å²) in [5, 5.41) is 12.1. The lowest BCUT2D eigenvalue weighted by molar-refractivity contribution is -0.132. The largest absolute Gasteiger partial charge is 0.507 e. The third-order valence-corrected chi connectivity index (χ3v) is 8.83. The molecule has 4 aromatic rings. The van der Waals surface area contributed by atoms with Gasteiger partial charge in [-0.25, -0.2) is 4.98 Å². The topological polar surface area (TPSA) is 98.2 Å². The second kappa shape index (κ2) is 11.4. The van der Waals surface area contributed by atoms with Crippen LogP contribution in [0.3, 0.4) is 0 Å². The number of amides is 1. The Morgan fingerprint density at radius 3 is 2.70 bits per heavy atom. The fourth-order valence-corrected chi connectivity index (χ4v) is 6.66. The molecule has 1 amide bonds. The summed E-state index contributed by atoms with van der Waals surface area (Å²) in [6.45, 7) is 8.76. The fourth-order valence-electron chi connectivity index (χ4n) is 5.57. The van der Waals surface area contributed by atoms with Crippen LogP contribution in [0.5, 0.6) is 17.2 Å². The van der Waals surface area contributed by atoms with Crippen molar-refractivity contribution in [2.75, 3.05) is 18.6 Å². The summed E-state index contributed by atoms with van der Waals surface area (Å²) < 4.78 is 18.4. The van der Waals surface area contributed by atoms with Crippen LogP contribution in [0.25, 0.3) is 16.0 Å². The minimum atomic E-state index is -0.941. The second-order valence-corrected chi connectivity index (χ2v) is 12.5. The molecular formula is C34H34N2O6S. The Morgan fingerprint density at radius 1 is 1.12 bits per heavy atom. The number of rotatable bonds is 8. The van der Waals surface area contributed by atoms with E-state index < -0.39 is 17.7 Å². The normalized spacial score (nSPS) is 19.3. The van der Waals surface area contributed by atoms with Crippen LogP contribution in [-0.2, 0) is 16.0 Å². The number of aliphatic hydroxyl groups excluding tert-OH is 1. The van der Waals surface area contributed by atoms with Gasteiger partial charge in [0.05, 0.1) is 35.5 Å². The molecule has 6 rings (SSSR count). The summed E-state index contributed by atoms with van der Waals surface area (Å²) in [7, 11) is 1.55. The highest BCUT2D eigenvalue weighted by molar-refractivity contribution is 7.22. The quantitative estimate of drug-likeness (QED) is 0.133. The van der Waals surface area contributed by atoms with E-state index in [4.69, 9.17) is 19.2 Å². The van der Waals surface area contributed by atoms with Crippen LogP contribution >= 0.6 is 11.3 Å². The molecule has 1 fully saturated rings. The molecule has 2 atom stereocenters. The van der Waals surface area contributed by atoms with Crippen molar-refractivity contribution in [2.24, 2.45) is 5.92 Å². The Morgan fingerprint density at radius 2 is 1.93 bits per heavy atom. The summed E-state index contributed by atoms with van der Waals surface area (Å²) >= 11 is 1.33. The molecule has 0 radical (unpaired) electrons. The summed E-state index contributed by atoms with van der Waals surface area (Å²) in [5.41, 5.74) is 3.75. The van der Waals surface area contributed by atoms with Crippen LogP contribution in [0.2, 0.25) is 0 Å². The number of ketones is 1. The highest BCUT2D eigenvalue weighted by atomic mass is 32.1. The number of aromatic nitrogens is 1. The van der Waals surface area contributed by atoms with E-state index in [1.807, 2.05) is 38.1 Å². The zero-order valence-corrected chi connectivity index (χ0v) is 25.7. The minimum absolute atomic E-state index is 0.0112. The molecule has 43 heavy (non-hydrogen) atoms. The molecule has 1 aromatic heterocycles. The number of aryl methyl sites for hydroxylation is 1. The van der Waals surface area contributed by atoms with E-state index in [2.05, 4.69) is 13.8 Å². The zero-order chi connectivity index (χ0) is 30.4. The molecule has 2 aliphatic heterocycles. The first kappa shape index (κ1) is 28.7. The van der Waals surface area contributed by atoms with Gasteiger partial charge in [0.15, 0.2) is 16.6 Å². The number of fused-ring (bicyclic) bond motifs is 2. The third-order valence-electron chi connectivity index (χ3n) is 7.81. The molecule has 2 aliphatic rings. The van der Waals surface area contributed by atoms with Gasteiger partial charge in [0.1, 0.15) is 17.6 Å². The highest BCUT2D eigenvalue weighted by Crippen LogP contribution is 2.46. The van der Waals surface area contributed by atoms with Crippen molar-refractivity contribution in [3.63, 3.8) is 0 Å². The number of carbonyl (C=O) groups excluding carboxylic acids is 2. The number of anilines is 1. The standard InChI is InChI=1S/C34H34N2O6S/c1-18(2)12-13-41-26-11-7-21(17-27(26)40-5)30-29(31(37)22-8-10-25-23(16-22)15-20(4)42-25)32(38)33(39)36(30)34-35-24-9-6-19(3)14-28(24)43-34/h6-11,14,16-18,20,30,37H,12-13,15H2,1-5H3/b31-29+/t20-,30-/m0/s1. The lowest BCUT2D eigenvalue weighted by Crippen LogP contribution is -2.29. The molecule has 0 spiro atoms. The Bertz CT molecular complexity index is 1770. The van der Waals surface area contributed by atoms with Crippen molar-refractivity contribution in [1.82, 2.24) is 4.98 Å². The molecule has 1 N–H and O–H groups in total. The Balaban J connectivity index is 1.49. The molecular weight excluding hydrogens is 564 g/mol. The SMILES string of the molecule is COc1cc([C@H]2/C(=C(\O)c3ccc4c(c3)C[C@H](C)O4)C(=O)C(=O)N2c2nc3ccc(C)cc3s2)ccc1OCCC(C)C. The predicted molar refractivity (Wildman–Crippen MR) is 167 cm³/mol. The molecule has 222 valence electrons. The molecule has 1 saturated heterocycles. The predicted octanol–water partition coefficient (Wildman–Crippen LogP) is 6.99. The Hall–Kier alpha value is -4.37. The van der Waals surface area contributed by atoms with E-state index in [-0.39, 0.29) is 17.4 Å². The average molecular weight is 599 g/mol. The van der Waals surface area contributed by atoms with Gasteiger partial charge in [0.2, 0.25) is 0 Å². The van der Waals surface area contributed by atoms with E-state index in [1.165, 1.54) is 16.2 Å². The van der Waals surface area contributed by atoms with Crippen LogP contribution in [-0.4, -0.2) is 41.6 Å². The maximum Gasteiger partial charge on any atom is 0.301 e. The molecule has 8 nitrogen and oxygen atoms in total. The number of aliphatic hydroxyl groups is 1. The van der Waals surface area contributed by atoms with Crippen LogP contribution in [0.4, 0.5) is 5.13 Å². The number of nitrogens with zero attached hydrogens (tertiary/aromatic N) is 2. The second-order valence-electron chi connectivity index (χ2n) is 11.5. The molecule has 0 saturated carbocycles. The number of ether oxygens (including phenoxy) is 3. The van der Waals surface area contributed by atoms with Gasteiger partial charge in [0.25, 0.3) is 5.78 Å². The number of benzene rings is 3. The molecule has 0 bridgehead atoms. The maximum absolute atomic E-state index is 13.8. The van der Waals surface area contributed by atoms with Crippen molar-refractivity contribution >= 4 is 44.1 Å². The van der Waals surface area contributed by atoms with Gasteiger partial charge in [-0.2, -0.15) is 0 Å². The van der Waals surface area contributed by atoms with Gasteiger partial charge < -0.3 is 19.3 Å². The lowest BCUT2D eigenvalue weighted by atomic mass is 9.94. The first-order valence-corrected chi connectivity index (χ1v) is 15.2. The number of Topliss-reactive ketones (excluding diaryl/α,β-unsaturated/α-hetero) is 1. The molecule has 3 heterocycles. The number of methoxy groups -OCH3 is 1. The van der Waals surface area contributed by atoms with Crippen LogP contribution in [0.1, 0.15) is 55.5 Å². The van der Waals surface area contributed by atoms with Crippen molar-refractivity contribution < 1.29 is 28.9 Å². The Labute approximate surface area is 254 Å². The maximum atomic E-state index is 13.8. The van der Waals surface area contributed by atoms with E-state index in [0.29, 0.717) is 46.7 Å². The highest BCUT2D eigenvalue weighted by Gasteiger charge is 2.48. The smallest absolute Gasteiger partial charge is 0.301 e. The first-order valence-electron chi connectivity index (χ1n) is 14.4. The third kappa shape index (κ3) is 5.33. The van der Waals surface area contributed by atoms with Crippen LogP contribution in [0.15, 0.2) is 60.2 Å². The number of thiazole rings is 1. The van der Waals surface area contributed by atoms with E-state index in [1.54, 1.807) is 37.4 Å². The number of hydrogen-bond acceptors (Lipinski definition) is 8. The summed E-state index contributed by atoms with van der Waals surface area (Å²) in [5.74, 6) is 0.486. The molecule has 0 aliphatic carbocycles. The molecule has 0 unspecified atom stereocenters. The van der Waals surface area contributed by atoms with Gasteiger partial charge in [-0.3, -0.25) is 14.5 Å². The van der Waals surface area contributed by atoms with Crippen molar-refractivity contribution in [3.05, 3.63) is 82.4 Å². The molecule has 9 heteroatoms. The molecule has 3 aromatic carbocycles. The number of hydrogen-bond donors (Lipinski definition) is 1. The monoisotopic (exact) mass is 598 g/mol. The van der Waals surface area contributed by atoms with Crippen molar-refractivity contribution in [1.29, 1.82) is 0 Å².